The van der Waals surface area contributed by atoms with Crippen molar-refractivity contribution in [3.8, 4) is 0 Å². The summed E-state index contributed by atoms with van der Waals surface area (Å²) in [6, 6.07) is 14.0. The topological polar surface area (TPSA) is 49.3 Å². The van der Waals surface area contributed by atoms with E-state index in [0.29, 0.717) is 37.5 Å². The maximum absolute atomic E-state index is 13.6. The number of benzene rings is 2. The Bertz CT molecular complexity index is 1240. The maximum Gasteiger partial charge on any atom is 0.416 e. The zero-order valence-corrected chi connectivity index (χ0v) is 22.1. The third kappa shape index (κ3) is 7.33. The van der Waals surface area contributed by atoms with Gasteiger partial charge in [-0.05, 0) is 47.9 Å². The van der Waals surface area contributed by atoms with Crippen molar-refractivity contribution in [3.05, 3.63) is 88.1 Å². The number of nitrogens with zero attached hydrogens (tertiary/aromatic N) is 4. The molecule has 1 fully saturated rings. The minimum absolute atomic E-state index is 0. The van der Waals surface area contributed by atoms with Crippen LogP contribution in [0.3, 0.4) is 0 Å². The lowest BCUT2D eigenvalue weighted by atomic mass is 9.79. The highest BCUT2D eigenvalue weighted by molar-refractivity contribution is 6.29. The van der Waals surface area contributed by atoms with Crippen LogP contribution >= 0.6 is 24.0 Å². The van der Waals surface area contributed by atoms with Crippen molar-refractivity contribution in [1.29, 1.82) is 0 Å². The van der Waals surface area contributed by atoms with E-state index < -0.39 is 35.9 Å². The van der Waals surface area contributed by atoms with Gasteiger partial charge in [0.05, 0.1) is 11.1 Å². The monoisotopic (exact) mass is 592 g/mol. The normalized spacial score (nSPS) is 17.9. The van der Waals surface area contributed by atoms with Crippen LogP contribution in [0, 0.1) is 5.92 Å². The Morgan fingerprint density at radius 2 is 1.59 bits per heavy atom. The van der Waals surface area contributed by atoms with Crippen LogP contribution in [0.25, 0.3) is 0 Å². The summed E-state index contributed by atoms with van der Waals surface area (Å²) >= 11 is 5.84. The molecule has 1 amide bonds. The quantitative estimate of drug-likeness (QED) is 0.304. The molecule has 1 saturated heterocycles. The number of halogens is 8. The molecule has 0 spiro atoms. The van der Waals surface area contributed by atoms with Crippen LogP contribution in [0.2, 0.25) is 5.15 Å². The Balaban J connectivity index is 0.00000420. The molecule has 210 valence electrons. The Labute approximate surface area is 232 Å². The molecule has 39 heavy (non-hydrogen) atoms. The van der Waals surface area contributed by atoms with Crippen molar-refractivity contribution in [3.63, 3.8) is 0 Å². The van der Waals surface area contributed by atoms with Crippen molar-refractivity contribution in [2.45, 2.75) is 31.2 Å². The fourth-order valence-corrected chi connectivity index (χ4v) is 4.82. The fraction of sp³-hybridized carbons (Fsp3) is 0.346. The van der Waals surface area contributed by atoms with Gasteiger partial charge in [-0.1, -0.05) is 41.9 Å². The summed E-state index contributed by atoms with van der Waals surface area (Å²) in [5.74, 6) is -0.638. The van der Waals surface area contributed by atoms with Crippen molar-refractivity contribution in [2.24, 2.45) is 5.92 Å². The summed E-state index contributed by atoms with van der Waals surface area (Å²) in [7, 11) is 1.38. The molecule has 1 aliphatic heterocycles. The molecule has 0 N–H and O–H groups in total. The molecule has 1 aromatic heterocycles. The average Bonchev–Trinajstić information content (AvgIpc) is 2.87. The summed E-state index contributed by atoms with van der Waals surface area (Å²) in [5.41, 5.74) is -2.21. The summed E-state index contributed by atoms with van der Waals surface area (Å²) in [5, 5.41) is 8.22. The Morgan fingerprint density at radius 3 is 2.13 bits per heavy atom. The van der Waals surface area contributed by atoms with Crippen molar-refractivity contribution < 1.29 is 31.1 Å². The van der Waals surface area contributed by atoms with Gasteiger partial charge >= 0.3 is 12.4 Å². The van der Waals surface area contributed by atoms with Gasteiger partial charge in [0.1, 0.15) is 0 Å². The van der Waals surface area contributed by atoms with Gasteiger partial charge in [-0.3, -0.25) is 4.79 Å². The van der Waals surface area contributed by atoms with E-state index in [9.17, 15) is 31.1 Å². The third-order valence-corrected chi connectivity index (χ3v) is 6.74. The first-order valence-corrected chi connectivity index (χ1v) is 12.0. The van der Waals surface area contributed by atoms with Crippen molar-refractivity contribution >= 4 is 35.7 Å². The molecule has 1 aliphatic rings. The molecule has 0 saturated carbocycles. The summed E-state index contributed by atoms with van der Waals surface area (Å²) in [6.07, 6.45) is -9.54. The molecule has 13 heteroatoms. The van der Waals surface area contributed by atoms with Gasteiger partial charge in [-0.15, -0.1) is 22.6 Å². The highest BCUT2D eigenvalue weighted by Gasteiger charge is 2.39. The molecule has 4 rings (SSSR count). The molecule has 2 aromatic carbocycles. The van der Waals surface area contributed by atoms with Gasteiger partial charge in [0, 0.05) is 38.5 Å². The van der Waals surface area contributed by atoms with Crippen LogP contribution in [-0.4, -0.2) is 41.1 Å². The number of aromatic nitrogens is 2. The maximum atomic E-state index is 13.6. The minimum Gasteiger partial charge on any atom is -0.354 e. The van der Waals surface area contributed by atoms with E-state index in [2.05, 4.69) is 10.2 Å². The standard InChI is InChI=1S/C26H23ClF6N4O.ClH/c1-36(14-16-11-18(25(28,29)30)13-19(12-16)26(31,32)33)24(38)20-9-10-37(23-8-7-22(27)34-35-23)15-21(20)17-5-3-2-4-6-17;/h2-8,11-13,20-21H,9-10,14-15H2,1H3;1H. The van der Waals surface area contributed by atoms with Crippen LogP contribution in [0.5, 0.6) is 0 Å². The molecule has 5 nitrogen and oxygen atoms in total. The van der Waals surface area contributed by atoms with E-state index in [1.165, 1.54) is 11.9 Å². The number of amides is 1. The molecular formula is C26H24Cl2F6N4O. The second-order valence-corrected chi connectivity index (χ2v) is 9.57. The predicted octanol–water partition coefficient (Wildman–Crippen LogP) is 6.86. The lowest BCUT2D eigenvalue weighted by Gasteiger charge is -2.40. The number of hydrogen-bond acceptors (Lipinski definition) is 4. The van der Waals surface area contributed by atoms with Crippen molar-refractivity contribution in [2.75, 3.05) is 25.0 Å². The van der Waals surface area contributed by atoms with Crippen LogP contribution in [-0.2, 0) is 23.7 Å². The molecule has 0 bridgehead atoms. The summed E-state index contributed by atoms with van der Waals surface area (Å²) < 4.78 is 79.7. The van der Waals surface area contributed by atoms with Crippen LogP contribution in [0.4, 0.5) is 32.2 Å². The average molecular weight is 593 g/mol. The number of rotatable bonds is 5. The van der Waals surface area contributed by atoms with Crippen LogP contribution < -0.4 is 4.90 Å². The van der Waals surface area contributed by atoms with Crippen molar-refractivity contribution in [1.82, 2.24) is 15.1 Å². The smallest absolute Gasteiger partial charge is 0.354 e. The molecule has 2 heterocycles. The number of carbonyl (C=O) groups is 1. The van der Waals surface area contributed by atoms with Gasteiger partial charge in [-0.25, -0.2) is 0 Å². The van der Waals surface area contributed by atoms with Crippen LogP contribution in [0.15, 0.2) is 60.7 Å². The zero-order valence-electron chi connectivity index (χ0n) is 20.5. The Kier molecular flexibility index (Phi) is 9.38. The number of carbonyl (C=O) groups excluding carboxylic acids is 1. The van der Waals surface area contributed by atoms with Gasteiger partial charge < -0.3 is 9.80 Å². The Morgan fingerprint density at radius 1 is 0.974 bits per heavy atom. The van der Waals surface area contributed by atoms with Gasteiger partial charge in [0.15, 0.2) is 11.0 Å². The zero-order chi connectivity index (χ0) is 27.7. The largest absolute Gasteiger partial charge is 0.416 e. The number of anilines is 1. The first kappa shape index (κ1) is 30.5. The summed E-state index contributed by atoms with van der Waals surface area (Å²) in [4.78, 5) is 16.7. The molecule has 2 unspecified atom stereocenters. The highest BCUT2D eigenvalue weighted by Crippen LogP contribution is 2.38. The lowest BCUT2D eigenvalue weighted by Crippen LogP contribution is -2.46. The first-order chi connectivity index (χ1) is 17.8. The van der Waals surface area contributed by atoms with E-state index in [4.69, 9.17) is 11.6 Å². The number of piperidine rings is 1. The van der Waals surface area contributed by atoms with Gasteiger partial charge in [-0.2, -0.15) is 26.3 Å². The molecule has 3 aromatic rings. The SMILES string of the molecule is CN(Cc1cc(C(F)(F)F)cc(C(F)(F)F)c1)C(=O)C1CCN(c2ccc(Cl)nn2)CC1c1ccccc1.Cl. The molecule has 0 radical (unpaired) electrons. The lowest BCUT2D eigenvalue weighted by molar-refractivity contribution is -0.143. The number of hydrogen-bond donors (Lipinski definition) is 0. The van der Waals surface area contributed by atoms with E-state index in [1.807, 2.05) is 35.2 Å². The third-order valence-electron chi connectivity index (χ3n) is 6.54. The summed E-state index contributed by atoms with van der Waals surface area (Å²) in [6.45, 7) is 0.453. The van der Waals surface area contributed by atoms with E-state index >= 15 is 0 Å². The van der Waals surface area contributed by atoms with Crippen LogP contribution in [0.1, 0.15) is 34.6 Å². The second kappa shape index (κ2) is 12.0. The van der Waals surface area contributed by atoms with E-state index in [0.717, 1.165) is 5.56 Å². The fourth-order valence-electron chi connectivity index (χ4n) is 4.72. The molecular weight excluding hydrogens is 569 g/mol. The minimum atomic E-state index is -4.96. The highest BCUT2D eigenvalue weighted by atomic mass is 35.5. The predicted molar refractivity (Wildman–Crippen MR) is 137 cm³/mol. The molecule has 0 aliphatic carbocycles. The first-order valence-electron chi connectivity index (χ1n) is 11.7. The van der Waals surface area contributed by atoms with Gasteiger partial charge in [0.2, 0.25) is 5.91 Å². The Hall–Kier alpha value is -3.05. The second-order valence-electron chi connectivity index (χ2n) is 9.18. The number of alkyl halides is 6. The van der Waals surface area contributed by atoms with E-state index in [1.54, 1.807) is 12.1 Å². The van der Waals surface area contributed by atoms with Gasteiger partial charge in [0.25, 0.3) is 0 Å². The van der Waals surface area contributed by atoms with E-state index in [-0.39, 0.29) is 41.0 Å². The molecule has 2 atom stereocenters.